The molecule has 0 aliphatic rings. The highest BCUT2D eigenvalue weighted by Crippen LogP contribution is 2.29. The molecule has 1 heterocycles. The van der Waals surface area contributed by atoms with Crippen LogP contribution >= 0.6 is 23.2 Å². The molecule has 0 radical (unpaired) electrons. The lowest BCUT2D eigenvalue weighted by molar-refractivity contribution is 1.28. The van der Waals surface area contributed by atoms with Crippen LogP contribution in [0.4, 0.5) is 5.82 Å². The number of benzene rings is 3. The van der Waals surface area contributed by atoms with Crippen LogP contribution in [0.25, 0.3) is 21.7 Å². The van der Waals surface area contributed by atoms with Gasteiger partial charge in [0, 0.05) is 21.4 Å². The average molecular weight is 366 g/mol. The second-order valence-electron chi connectivity index (χ2n) is 5.56. The van der Waals surface area contributed by atoms with Crippen molar-refractivity contribution in [1.82, 2.24) is 4.98 Å². The molecule has 0 saturated carbocycles. The number of para-hydroxylation sites is 1. The Morgan fingerprint density at radius 2 is 1.56 bits per heavy atom. The molecule has 0 amide bonds. The normalized spacial score (nSPS) is 11.4. The third-order valence-electron chi connectivity index (χ3n) is 3.95. The van der Waals surface area contributed by atoms with Crippen molar-refractivity contribution in [3.63, 3.8) is 0 Å². The molecule has 0 saturated heterocycles. The minimum atomic E-state index is 0.550. The summed E-state index contributed by atoms with van der Waals surface area (Å²) in [4.78, 5) is 4.69. The molecule has 3 aromatic carbocycles. The summed E-state index contributed by atoms with van der Waals surface area (Å²) in [5, 5.41) is 8.71. The van der Waals surface area contributed by atoms with Gasteiger partial charge in [-0.2, -0.15) is 5.10 Å². The van der Waals surface area contributed by atoms with Gasteiger partial charge in [-0.25, -0.2) is 4.98 Å². The van der Waals surface area contributed by atoms with Crippen LogP contribution in [0.1, 0.15) is 5.56 Å². The molecule has 0 unspecified atom stereocenters. The topological polar surface area (TPSA) is 37.3 Å². The Labute approximate surface area is 154 Å². The Kier molecular flexibility index (Phi) is 4.26. The summed E-state index contributed by atoms with van der Waals surface area (Å²) in [7, 11) is 0. The summed E-state index contributed by atoms with van der Waals surface area (Å²) in [5.74, 6) is 0.704. The molecule has 1 N–H and O–H groups in total. The van der Waals surface area contributed by atoms with Crippen molar-refractivity contribution in [3.05, 3.63) is 82.3 Å². The number of hydrogen-bond donors (Lipinski definition) is 1. The first-order valence-corrected chi connectivity index (χ1v) is 8.49. The van der Waals surface area contributed by atoms with Gasteiger partial charge in [-0.3, -0.25) is 5.43 Å². The Bertz CT molecular complexity index is 1110. The molecule has 0 bridgehead atoms. The van der Waals surface area contributed by atoms with E-state index in [1.54, 1.807) is 18.3 Å². The number of anilines is 1. The minimum absolute atomic E-state index is 0.550. The molecular weight excluding hydrogens is 353 g/mol. The van der Waals surface area contributed by atoms with Crippen molar-refractivity contribution in [2.75, 3.05) is 5.43 Å². The maximum atomic E-state index is 6.17. The monoisotopic (exact) mass is 365 g/mol. The van der Waals surface area contributed by atoms with Crippen molar-refractivity contribution in [3.8, 4) is 0 Å². The van der Waals surface area contributed by atoms with Gasteiger partial charge in [-0.1, -0.05) is 71.7 Å². The van der Waals surface area contributed by atoms with E-state index < -0.39 is 0 Å². The number of hydrogen-bond acceptors (Lipinski definition) is 3. The van der Waals surface area contributed by atoms with E-state index in [0.717, 1.165) is 27.2 Å². The Balaban J connectivity index is 1.74. The van der Waals surface area contributed by atoms with Crippen LogP contribution < -0.4 is 5.43 Å². The van der Waals surface area contributed by atoms with E-state index in [2.05, 4.69) is 22.7 Å². The first-order chi connectivity index (χ1) is 12.2. The zero-order valence-corrected chi connectivity index (χ0v) is 14.6. The van der Waals surface area contributed by atoms with Gasteiger partial charge in [0.1, 0.15) is 0 Å². The SMILES string of the molecule is Clc1ccc(/C=N/Nc2nc3ccccc3c3ccccc23)c(Cl)c1. The van der Waals surface area contributed by atoms with Crippen LogP contribution in [-0.2, 0) is 0 Å². The Morgan fingerprint density at radius 1 is 0.840 bits per heavy atom. The number of pyridine rings is 1. The number of halogens is 2. The molecular formula is C20H13Cl2N3. The first-order valence-electron chi connectivity index (χ1n) is 7.74. The number of rotatable bonds is 3. The summed E-state index contributed by atoms with van der Waals surface area (Å²) in [6.07, 6.45) is 1.66. The predicted octanol–water partition coefficient (Wildman–Crippen LogP) is 6.14. The highest BCUT2D eigenvalue weighted by molar-refractivity contribution is 6.36. The van der Waals surface area contributed by atoms with Crippen molar-refractivity contribution < 1.29 is 0 Å². The molecule has 25 heavy (non-hydrogen) atoms. The fourth-order valence-corrected chi connectivity index (χ4v) is 3.22. The van der Waals surface area contributed by atoms with E-state index in [0.29, 0.717) is 15.9 Å². The Morgan fingerprint density at radius 3 is 2.36 bits per heavy atom. The molecule has 3 nitrogen and oxygen atoms in total. The van der Waals surface area contributed by atoms with Gasteiger partial charge >= 0.3 is 0 Å². The second kappa shape index (κ2) is 6.71. The summed E-state index contributed by atoms with van der Waals surface area (Å²) in [6.45, 7) is 0. The third-order valence-corrected chi connectivity index (χ3v) is 4.51. The fourth-order valence-electron chi connectivity index (χ4n) is 2.76. The highest BCUT2D eigenvalue weighted by Gasteiger charge is 2.07. The zero-order chi connectivity index (χ0) is 17.2. The lowest BCUT2D eigenvalue weighted by Crippen LogP contribution is -1.96. The summed E-state index contributed by atoms with van der Waals surface area (Å²) >= 11 is 12.1. The summed E-state index contributed by atoms with van der Waals surface area (Å²) < 4.78 is 0. The van der Waals surface area contributed by atoms with Gasteiger partial charge in [-0.05, 0) is 23.6 Å². The van der Waals surface area contributed by atoms with Gasteiger partial charge in [0.25, 0.3) is 0 Å². The lowest BCUT2D eigenvalue weighted by Gasteiger charge is -2.08. The Hall–Kier alpha value is -2.62. The molecule has 0 fully saturated rings. The maximum absolute atomic E-state index is 6.17. The molecule has 5 heteroatoms. The maximum Gasteiger partial charge on any atom is 0.154 e. The van der Waals surface area contributed by atoms with E-state index >= 15 is 0 Å². The van der Waals surface area contributed by atoms with Gasteiger partial charge in [-0.15, -0.1) is 0 Å². The third kappa shape index (κ3) is 3.16. The van der Waals surface area contributed by atoms with E-state index in [1.165, 1.54) is 0 Å². The van der Waals surface area contributed by atoms with E-state index in [-0.39, 0.29) is 0 Å². The standard InChI is InChI=1S/C20H13Cl2N3/c21-14-10-9-13(18(22)11-14)12-23-25-20-17-7-2-1-5-15(17)16-6-3-4-8-19(16)24-20/h1-12H,(H,24,25)/b23-12+. The molecule has 4 aromatic rings. The van der Waals surface area contributed by atoms with Crippen molar-refractivity contribution in [2.24, 2.45) is 5.10 Å². The molecule has 122 valence electrons. The van der Waals surface area contributed by atoms with Gasteiger partial charge < -0.3 is 0 Å². The van der Waals surface area contributed by atoms with Crippen LogP contribution in [0.2, 0.25) is 10.0 Å². The largest absolute Gasteiger partial charge is 0.261 e. The quantitative estimate of drug-likeness (QED) is 0.269. The van der Waals surface area contributed by atoms with Crippen LogP contribution in [-0.4, -0.2) is 11.2 Å². The number of hydrazone groups is 1. The second-order valence-corrected chi connectivity index (χ2v) is 6.40. The van der Waals surface area contributed by atoms with Crippen LogP contribution in [0.3, 0.4) is 0 Å². The van der Waals surface area contributed by atoms with Crippen molar-refractivity contribution >= 4 is 56.9 Å². The molecule has 4 rings (SSSR count). The zero-order valence-electron chi connectivity index (χ0n) is 13.1. The van der Waals surface area contributed by atoms with E-state index in [1.807, 2.05) is 42.5 Å². The first kappa shape index (κ1) is 15.9. The molecule has 1 aromatic heterocycles. The van der Waals surface area contributed by atoms with Crippen molar-refractivity contribution in [2.45, 2.75) is 0 Å². The van der Waals surface area contributed by atoms with Gasteiger partial charge in [0.05, 0.1) is 16.8 Å². The van der Waals surface area contributed by atoms with Gasteiger partial charge in [0.2, 0.25) is 0 Å². The lowest BCUT2D eigenvalue weighted by atomic mass is 10.1. The number of nitrogens with zero attached hydrogens (tertiary/aromatic N) is 2. The van der Waals surface area contributed by atoms with Crippen LogP contribution in [0, 0.1) is 0 Å². The van der Waals surface area contributed by atoms with E-state index in [9.17, 15) is 0 Å². The average Bonchev–Trinajstić information content (AvgIpc) is 2.63. The predicted molar refractivity (Wildman–Crippen MR) is 107 cm³/mol. The number of fused-ring (bicyclic) bond motifs is 3. The van der Waals surface area contributed by atoms with Gasteiger partial charge in [0.15, 0.2) is 5.82 Å². The molecule has 0 spiro atoms. The fraction of sp³-hybridized carbons (Fsp3) is 0. The molecule has 0 aliphatic carbocycles. The number of aromatic nitrogens is 1. The number of nitrogens with one attached hydrogen (secondary N) is 1. The highest BCUT2D eigenvalue weighted by atomic mass is 35.5. The van der Waals surface area contributed by atoms with E-state index in [4.69, 9.17) is 28.2 Å². The molecule has 0 aliphatic heterocycles. The minimum Gasteiger partial charge on any atom is -0.261 e. The molecule has 0 atom stereocenters. The van der Waals surface area contributed by atoms with Crippen LogP contribution in [0.15, 0.2) is 71.8 Å². The summed E-state index contributed by atoms with van der Waals surface area (Å²) in [5.41, 5.74) is 4.74. The van der Waals surface area contributed by atoms with Crippen molar-refractivity contribution in [1.29, 1.82) is 0 Å². The summed E-state index contributed by atoms with van der Waals surface area (Å²) in [6, 6.07) is 21.5. The van der Waals surface area contributed by atoms with Crippen LogP contribution in [0.5, 0.6) is 0 Å². The smallest absolute Gasteiger partial charge is 0.154 e.